The summed E-state index contributed by atoms with van der Waals surface area (Å²) in [7, 11) is 1.84. The number of halogens is 1. The van der Waals surface area contributed by atoms with Crippen LogP contribution in [0, 0.1) is 6.92 Å². The van der Waals surface area contributed by atoms with Crippen LogP contribution in [0.4, 0.5) is 11.6 Å². The van der Waals surface area contributed by atoms with Crippen molar-refractivity contribution in [2.75, 3.05) is 17.7 Å². The Labute approximate surface area is 111 Å². The van der Waals surface area contributed by atoms with E-state index in [1.54, 1.807) is 0 Å². The Kier molecular flexibility index (Phi) is 3.99. The molecule has 1 aromatic carbocycles. The van der Waals surface area contributed by atoms with Gasteiger partial charge < -0.3 is 10.6 Å². The van der Waals surface area contributed by atoms with Gasteiger partial charge in [0, 0.05) is 24.7 Å². The molecule has 4 nitrogen and oxygen atoms in total. The third-order valence-corrected chi connectivity index (χ3v) is 2.69. The largest absolute Gasteiger partial charge is 0.373 e. The first-order valence-corrected chi connectivity index (χ1v) is 6.07. The summed E-state index contributed by atoms with van der Waals surface area (Å²) < 4.78 is 0. The first-order chi connectivity index (χ1) is 8.67. The molecule has 0 saturated carbocycles. The normalized spacial score (nSPS) is 10.2. The minimum absolute atomic E-state index is 0.681. The van der Waals surface area contributed by atoms with Gasteiger partial charge in [0.15, 0.2) is 0 Å². The first kappa shape index (κ1) is 12.6. The molecule has 0 unspecified atom stereocenters. The van der Waals surface area contributed by atoms with Gasteiger partial charge in [-0.05, 0) is 24.6 Å². The van der Waals surface area contributed by atoms with E-state index in [1.807, 2.05) is 44.3 Å². The molecule has 2 aromatic rings. The lowest BCUT2D eigenvalue weighted by Crippen LogP contribution is -2.05. The maximum atomic E-state index is 5.94. The summed E-state index contributed by atoms with van der Waals surface area (Å²) in [5, 5.41) is 7.00. The van der Waals surface area contributed by atoms with Gasteiger partial charge in [0.2, 0.25) is 0 Å². The summed E-state index contributed by atoms with van der Waals surface area (Å²) in [4.78, 5) is 8.56. The molecule has 0 aliphatic heterocycles. The zero-order valence-electron chi connectivity index (χ0n) is 10.4. The van der Waals surface area contributed by atoms with Gasteiger partial charge in [-0.25, -0.2) is 9.97 Å². The van der Waals surface area contributed by atoms with Crippen molar-refractivity contribution in [3.63, 3.8) is 0 Å². The third-order valence-electron chi connectivity index (χ3n) is 2.46. The van der Waals surface area contributed by atoms with Gasteiger partial charge in [0.05, 0.1) is 0 Å². The van der Waals surface area contributed by atoms with Crippen molar-refractivity contribution in [3.8, 4) is 0 Å². The first-order valence-electron chi connectivity index (χ1n) is 5.69. The van der Waals surface area contributed by atoms with Crippen LogP contribution in [0.1, 0.15) is 11.4 Å². The van der Waals surface area contributed by atoms with Crippen molar-refractivity contribution < 1.29 is 0 Å². The molecule has 0 aliphatic carbocycles. The molecular weight excluding hydrogens is 248 g/mol. The molecule has 0 bridgehead atoms. The van der Waals surface area contributed by atoms with Crippen molar-refractivity contribution in [2.24, 2.45) is 0 Å². The Hall–Kier alpha value is -1.81. The molecule has 0 saturated heterocycles. The van der Waals surface area contributed by atoms with E-state index in [9.17, 15) is 0 Å². The third kappa shape index (κ3) is 3.34. The van der Waals surface area contributed by atoms with Gasteiger partial charge in [-0.3, -0.25) is 0 Å². The second kappa shape index (κ2) is 5.69. The van der Waals surface area contributed by atoms with Gasteiger partial charge in [-0.1, -0.05) is 23.7 Å². The van der Waals surface area contributed by atoms with Crippen LogP contribution in [-0.2, 0) is 6.54 Å². The monoisotopic (exact) mass is 262 g/mol. The maximum Gasteiger partial charge on any atom is 0.132 e. The molecule has 2 N–H and O–H groups in total. The summed E-state index contributed by atoms with van der Waals surface area (Å²) in [5.74, 6) is 2.33. The number of aromatic nitrogens is 2. The van der Waals surface area contributed by atoms with Crippen molar-refractivity contribution in [2.45, 2.75) is 13.5 Å². The highest BCUT2D eigenvalue weighted by atomic mass is 35.5. The van der Waals surface area contributed by atoms with Crippen LogP contribution in [0.15, 0.2) is 30.3 Å². The predicted molar refractivity (Wildman–Crippen MR) is 75.1 cm³/mol. The molecular formula is C13H15ClN4. The van der Waals surface area contributed by atoms with E-state index in [0.29, 0.717) is 6.54 Å². The van der Waals surface area contributed by atoms with Gasteiger partial charge in [-0.2, -0.15) is 0 Å². The average Bonchev–Trinajstić information content (AvgIpc) is 2.36. The average molecular weight is 263 g/mol. The molecule has 94 valence electrons. The Morgan fingerprint density at radius 1 is 1.17 bits per heavy atom. The number of nitrogens with zero attached hydrogens (tertiary/aromatic N) is 2. The molecule has 0 amide bonds. The zero-order valence-corrected chi connectivity index (χ0v) is 11.1. The van der Waals surface area contributed by atoms with E-state index in [0.717, 1.165) is 28.0 Å². The number of hydrogen-bond donors (Lipinski definition) is 2. The van der Waals surface area contributed by atoms with Crippen LogP contribution in [0.25, 0.3) is 0 Å². The van der Waals surface area contributed by atoms with Crippen LogP contribution in [-0.4, -0.2) is 17.0 Å². The molecule has 0 aliphatic rings. The Balaban J connectivity index is 2.08. The summed E-state index contributed by atoms with van der Waals surface area (Å²) in [6.07, 6.45) is 0. The van der Waals surface area contributed by atoms with E-state index in [1.165, 1.54) is 0 Å². The summed E-state index contributed by atoms with van der Waals surface area (Å²) >= 11 is 5.94. The van der Waals surface area contributed by atoms with E-state index >= 15 is 0 Å². The predicted octanol–water partition coefficient (Wildman–Crippen LogP) is 3.09. The van der Waals surface area contributed by atoms with Crippen molar-refractivity contribution in [1.29, 1.82) is 0 Å². The fraction of sp³-hybridized carbons (Fsp3) is 0.231. The maximum absolute atomic E-state index is 5.94. The highest BCUT2D eigenvalue weighted by molar-refractivity contribution is 6.30. The van der Waals surface area contributed by atoms with E-state index in [-0.39, 0.29) is 0 Å². The van der Waals surface area contributed by atoms with Gasteiger partial charge >= 0.3 is 0 Å². The second-order valence-electron chi connectivity index (χ2n) is 3.92. The molecule has 1 heterocycles. The molecule has 0 radical (unpaired) electrons. The van der Waals surface area contributed by atoms with Crippen molar-refractivity contribution in [1.82, 2.24) is 9.97 Å². The lowest BCUT2D eigenvalue weighted by Gasteiger charge is -2.08. The molecule has 18 heavy (non-hydrogen) atoms. The minimum Gasteiger partial charge on any atom is -0.373 e. The topological polar surface area (TPSA) is 49.8 Å². The summed E-state index contributed by atoms with van der Waals surface area (Å²) in [5.41, 5.74) is 1.12. The molecule has 0 spiro atoms. The van der Waals surface area contributed by atoms with Crippen molar-refractivity contribution >= 4 is 23.2 Å². The second-order valence-corrected chi connectivity index (χ2v) is 4.36. The Morgan fingerprint density at radius 3 is 2.67 bits per heavy atom. The van der Waals surface area contributed by atoms with E-state index in [2.05, 4.69) is 20.6 Å². The van der Waals surface area contributed by atoms with Gasteiger partial charge in [-0.15, -0.1) is 0 Å². The minimum atomic E-state index is 0.681. The smallest absolute Gasteiger partial charge is 0.132 e. The highest BCUT2D eigenvalue weighted by Crippen LogP contribution is 2.14. The Morgan fingerprint density at radius 2 is 1.94 bits per heavy atom. The van der Waals surface area contributed by atoms with Crippen LogP contribution in [0.3, 0.4) is 0 Å². The number of hydrogen-bond acceptors (Lipinski definition) is 4. The van der Waals surface area contributed by atoms with E-state index in [4.69, 9.17) is 11.6 Å². The van der Waals surface area contributed by atoms with Gasteiger partial charge in [0.25, 0.3) is 0 Å². The van der Waals surface area contributed by atoms with Crippen LogP contribution >= 0.6 is 11.6 Å². The molecule has 5 heteroatoms. The SMILES string of the molecule is CNc1cc(NCc2cccc(Cl)c2)nc(C)n1. The molecule has 0 fully saturated rings. The molecule has 0 atom stereocenters. The van der Waals surface area contributed by atoms with Crippen LogP contribution in [0.2, 0.25) is 5.02 Å². The quantitative estimate of drug-likeness (QED) is 0.889. The standard InChI is InChI=1S/C13H15ClN4/c1-9-17-12(15-2)7-13(18-9)16-8-10-4-3-5-11(14)6-10/h3-7H,8H2,1-2H3,(H2,15,16,17,18). The fourth-order valence-corrected chi connectivity index (χ4v) is 1.84. The fourth-order valence-electron chi connectivity index (χ4n) is 1.63. The van der Waals surface area contributed by atoms with Crippen molar-refractivity contribution in [3.05, 3.63) is 46.7 Å². The zero-order chi connectivity index (χ0) is 13.0. The number of rotatable bonds is 4. The highest BCUT2D eigenvalue weighted by Gasteiger charge is 2.00. The Bertz CT molecular complexity index is 542. The summed E-state index contributed by atoms with van der Waals surface area (Å²) in [6.45, 7) is 2.55. The number of anilines is 2. The molecule has 1 aromatic heterocycles. The summed E-state index contributed by atoms with van der Waals surface area (Å²) in [6, 6.07) is 9.62. The lowest BCUT2D eigenvalue weighted by molar-refractivity contribution is 1.02. The lowest BCUT2D eigenvalue weighted by atomic mass is 10.2. The molecule has 2 rings (SSSR count). The number of aryl methyl sites for hydroxylation is 1. The van der Waals surface area contributed by atoms with Crippen LogP contribution < -0.4 is 10.6 Å². The van der Waals surface area contributed by atoms with E-state index < -0.39 is 0 Å². The van der Waals surface area contributed by atoms with Gasteiger partial charge in [0.1, 0.15) is 17.5 Å². The number of nitrogens with one attached hydrogen (secondary N) is 2. The van der Waals surface area contributed by atoms with Crippen LogP contribution in [0.5, 0.6) is 0 Å². The number of benzene rings is 1.